The lowest BCUT2D eigenvalue weighted by Crippen LogP contribution is -2.51. The lowest BCUT2D eigenvalue weighted by atomic mass is 9.47. The minimum atomic E-state index is -0.0942. The number of aliphatic hydroxyl groups excluding tert-OH is 1. The predicted octanol–water partition coefficient (Wildman–Crippen LogP) is 7.01. The van der Waals surface area contributed by atoms with Crippen LogP contribution < -0.4 is 0 Å². The first-order chi connectivity index (χ1) is 14.2. The zero-order valence-corrected chi connectivity index (χ0v) is 20.6. The van der Waals surface area contributed by atoms with Gasteiger partial charge in [-0.25, -0.2) is 0 Å². The van der Waals surface area contributed by atoms with Crippen LogP contribution in [0.15, 0.2) is 11.6 Å². The van der Waals surface area contributed by atoms with E-state index < -0.39 is 0 Å². The lowest BCUT2D eigenvalue weighted by molar-refractivity contribution is -0.0728. The maximum Gasteiger partial charge on any atom is 0.0599 e. The van der Waals surface area contributed by atoms with Crippen molar-refractivity contribution in [3.8, 4) is 0 Å². The molecule has 2 heteroatoms. The van der Waals surface area contributed by atoms with E-state index in [1.165, 1.54) is 51.4 Å². The van der Waals surface area contributed by atoms with Crippen molar-refractivity contribution in [2.75, 3.05) is 7.11 Å². The molecule has 1 N–H and O–H groups in total. The van der Waals surface area contributed by atoms with Crippen LogP contribution in [0.3, 0.4) is 0 Å². The Hall–Kier alpha value is -0.340. The zero-order chi connectivity index (χ0) is 21.7. The number of hydrogen-bond acceptors (Lipinski definition) is 2. The molecule has 0 heterocycles. The number of methoxy groups -OCH3 is 1. The van der Waals surface area contributed by atoms with E-state index in [1.807, 2.05) is 7.11 Å². The summed E-state index contributed by atoms with van der Waals surface area (Å²) in [7, 11) is 1.94. The van der Waals surface area contributed by atoms with Crippen molar-refractivity contribution in [3.63, 3.8) is 0 Å². The Morgan fingerprint density at radius 3 is 2.50 bits per heavy atom. The van der Waals surface area contributed by atoms with Crippen LogP contribution in [0.2, 0.25) is 0 Å². The lowest BCUT2D eigenvalue weighted by Gasteiger charge is -2.58. The standard InChI is InChI=1S/C28H48O2/c1-18(2)7-12-26(30-6)19(3)23-10-11-24-22-9-8-20-17-21(29)13-15-27(20,4)25(22)14-16-28(23,24)5/h8,18-19,21-26,29H,7,9-17H2,1-6H3/t19-,21-,22-,23+,24-,25-,26+,27-,28+/m0/s1. The molecule has 0 spiro atoms. The molecule has 4 rings (SSSR count). The first-order valence-corrected chi connectivity index (χ1v) is 13.1. The summed E-state index contributed by atoms with van der Waals surface area (Å²) in [5.74, 6) is 4.82. The van der Waals surface area contributed by atoms with Crippen LogP contribution in [0.4, 0.5) is 0 Å². The van der Waals surface area contributed by atoms with Gasteiger partial charge in [0.25, 0.3) is 0 Å². The highest BCUT2D eigenvalue weighted by Crippen LogP contribution is 2.67. The molecular formula is C28H48O2. The Kier molecular flexibility index (Phi) is 6.50. The second-order valence-corrected chi connectivity index (χ2v) is 12.5. The number of ether oxygens (including phenoxy) is 1. The van der Waals surface area contributed by atoms with E-state index in [-0.39, 0.29) is 6.10 Å². The fraction of sp³-hybridized carbons (Fsp3) is 0.929. The van der Waals surface area contributed by atoms with Crippen LogP contribution in [-0.4, -0.2) is 24.4 Å². The van der Waals surface area contributed by atoms with E-state index >= 15 is 0 Å². The summed E-state index contributed by atoms with van der Waals surface area (Å²) < 4.78 is 6.07. The summed E-state index contributed by atoms with van der Waals surface area (Å²) in [6.45, 7) is 12.4. The maximum absolute atomic E-state index is 10.2. The summed E-state index contributed by atoms with van der Waals surface area (Å²) in [5, 5.41) is 10.2. The topological polar surface area (TPSA) is 29.5 Å². The van der Waals surface area contributed by atoms with Crippen LogP contribution in [-0.2, 0) is 4.74 Å². The number of fused-ring (bicyclic) bond motifs is 5. The van der Waals surface area contributed by atoms with Gasteiger partial charge in [-0.05, 0) is 111 Å². The van der Waals surface area contributed by atoms with Crippen molar-refractivity contribution in [2.45, 2.75) is 111 Å². The molecule has 3 fully saturated rings. The molecule has 172 valence electrons. The second-order valence-electron chi connectivity index (χ2n) is 12.5. The molecule has 0 aromatic carbocycles. The van der Waals surface area contributed by atoms with Gasteiger partial charge >= 0.3 is 0 Å². The third-order valence-corrected chi connectivity index (χ3v) is 10.7. The fourth-order valence-electron chi connectivity index (χ4n) is 8.90. The third kappa shape index (κ3) is 3.72. The van der Waals surface area contributed by atoms with Gasteiger partial charge in [0.15, 0.2) is 0 Å². The second kappa shape index (κ2) is 8.54. The molecule has 4 aliphatic carbocycles. The molecular weight excluding hydrogens is 368 g/mol. The number of allylic oxidation sites excluding steroid dienone is 1. The van der Waals surface area contributed by atoms with Crippen LogP contribution in [0.25, 0.3) is 0 Å². The number of rotatable bonds is 6. The number of hydrogen-bond donors (Lipinski definition) is 1. The van der Waals surface area contributed by atoms with Crippen LogP contribution in [0, 0.1) is 46.3 Å². The fourth-order valence-corrected chi connectivity index (χ4v) is 8.90. The maximum atomic E-state index is 10.2. The Labute approximate surface area is 186 Å². The van der Waals surface area contributed by atoms with Crippen molar-refractivity contribution in [3.05, 3.63) is 11.6 Å². The Morgan fingerprint density at radius 2 is 1.80 bits per heavy atom. The van der Waals surface area contributed by atoms with E-state index in [4.69, 9.17) is 4.74 Å². The highest BCUT2D eigenvalue weighted by Gasteiger charge is 2.59. The first kappa shape index (κ1) is 22.8. The van der Waals surface area contributed by atoms with Crippen LogP contribution in [0.1, 0.15) is 98.8 Å². The SMILES string of the molecule is CO[C@H](CCC(C)C)[C@@H](C)[C@H]1CC[C@H]2[C@@H]3CC=C4C[C@@H](O)CC[C@]4(C)[C@H]3CC[C@]12C. The van der Waals surface area contributed by atoms with E-state index in [9.17, 15) is 5.11 Å². The van der Waals surface area contributed by atoms with Gasteiger partial charge < -0.3 is 9.84 Å². The molecule has 9 atom stereocenters. The number of aliphatic hydroxyl groups is 1. The summed E-state index contributed by atoms with van der Waals surface area (Å²) >= 11 is 0. The average Bonchev–Trinajstić information content (AvgIpc) is 3.05. The van der Waals surface area contributed by atoms with Crippen molar-refractivity contribution >= 4 is 0 Å². The van der Waals surface area contributed by atoms with E-state index in [2.05, 4.69) is 40.7 Å². The van der Waals surface area contributed by atoms with Crippen molar-refractivity contribution in [2.24, 2.45) is 46.3 Å². The highest BCUT2D eigenvalue weighted by atomic mass is 16.5. The third-order valence-electron chi connectivity index (χ3n) is 10.7. The average molecular weight is 417 g/mol. The van der Waals surface area contributed by atoms with Crippen molar-refractivity contribution < 1.29 is 9.84 Å². The molecule has 4 aliphatic rings. The molecule has 0 radical (unpaired) electrons. The van der Waals surface area contributed by atoms with E-state index in [0.29, 0.717) is 22.9 Å². The van der Waals surface area contributed by atoms with Gasteiger partial charge in [-0.3, -0.25) is 0 Å². The predicted molar refractivity (Wildman–Crippen MR) is 125 cm³/mol. The molecule has 0 saturated heterocycles. The van der Waals surface area contributed by atoms with Gasteiger partial charge in [0.1, 0.15) is 0 Å². The Morgan fingerprint density at radius 1 is 1.03 bits per heavy atom. The summed E-state index contributed by atoms with van der Waals surface area (Å²) in [6.07, 6.45) is 15.4. The van der Waals surface area contributed by atoms with Crippen molar-refractivity contribution in [1.82, 2.24) is 0 Å². The van der Waals surface area contributed by atoms with Crippen LogP contribution in [0.5, 0.6) is 0 Å². The monoisotopic (exact) mass is 416 g/mol. The largest absolute Gasteiger partial charge is 0.393 e. The summed E-state index contributed by atoms with van der Waals surface area (Å²) in [4.78, 5) is 0. The minimum absolute atomic E-state index is 0.0942. The smallest absolute Gasteiger partial charge is 0.0599 e. The first-order valence-electron chi connectivity index (χ1n) is 13.1. The molecule has 0 bridgehead atoms. The van der Waals surface area contributed by atoms with Gasteiger partial charge in [-0.15, -0.1) is 0 Å². The molecule has 0 unspecified atom stereocenters. The van der Waals surface area contributed by atoms with Gasteiger partial charge in [-0.1, -0.05) is 46.3 Å². The van der Waals surface area contributed by atoms with Gasteiger partial charge in [0, 0.05) is 7.11 Å². The Balaban J connectivity index is 1.52. The van der Waals surface area contributed by atoms with Crippen molar-refractivity contribution in [1.29, 1.82) is 0 Å². The van der Waals surface area contributed by atoms with E-state index in [0.717, 1.165) is 42.4 Å². The summed E-state index contributed by atoms with van der Waals surface area (Å²) in [5.41, 5.74) is 2.45. The quantitative estimate of drug-likeness (QED) is 0.472. The molecule has 0 aliphatic heterocycles. The Bertz CT molecular complexity index is 639. The molecule has 30 heavy (non-hydrogen) atoms. The van der Waals surface area contributed by atoms with Gasteiger partial charge in [0.05, 0.1) is 12.2 Å². The highest BCUT2D eigenvalue weighted by molar-refractivity contribution is 5.25. The van der Waals surface area contributed by atoms with Gasteiger partial charge in [0.2, 0.25) is 0 Å². The van der Waals surface area contributed by atoms with E-state index in [1.54, 1.807) is 5.57 Å². The zero-order valence-electron chi connectivity index (χ0n) is 20.6. The molecule has 0 aromatic heterocycles. The molecule has 0 amide bonds. The van der Waals surface area contributed by atoms with Crippen LogP contribution >= 0.6 is 0 Å². The summed E-state index contributed by atoms with van der Waals surface area (Å²) in [6, 6.07) is 0. The normalized spacial score (nSPS) is 45.3. The minimum Gasteiger partial charge on any atom is -0.393 e. The molecule has 3 saturated carbocycles. The van der Waals surface area contributed by atoms with Gasteiger partial charge in [-0.2, -0.15) is 0 Å². The molecule has 2 nitrogen and oxygen atoms in total. The molecule has 0 aromatic rings.